The van der Waals surface area contributed by atoms with E-state index in [1.165, 1.54) is 5.56 Å². The highest BCUT2D eigenvalue weighted by Gasteiger charge is 2.23. The van der Waals surface area contributed by atoms with Gasteiger partial charge in [-0.2, -0.15) is 0 Å². The Kier molecular flexibility index (Phi) is 4.36. The van der Waals surface area contributed by atoms with Gasteiger partial charge in [-0.05, 0) is 43.9 Å². The third-order valence-corrected chi connectivity index (χ3v) is 3.86. The molecule has 0 aliphatic carbocycles. The molecule has 3 nitrogen and oxygen atoms in total. The first-order valence-electron chi connectivity index (χ1n) is 6.96. The van der Waals surface area contributed by atoms with Crippen molar-refractivity contribution in [2.24, 2.45) is 0 Å². The number of piperidine rings is 1. The number of hydrogen-bond donors (Lipinski definition) is 1. The molecule has 100 valence electrons. The van der Waals surface area contributed by atoms with Crippen LogP contribution in [0.25, 0.3) is 0 Å². The lowest BCUT2D eigenvalue weighted by atomic mass is 10.0. The zero-order chi connectivity index (χ0) is 13.1. The van der Waals surface area contributed by atoms with Crippen LogP contribution in [0, 0.1) is 0 Å². The predicted molar refractivity (Wildman–Crippen MR) is 73.6 cm³/mol. The Labute approximate surface area is 110 Å². The minimum absolute atomic E-state index is 0.163. The molecule has 1 aliphatic rings. The number of nitrogens with zero attached hydrogens (tertiary/aromatic N) is 2. The summed E-state index contributed by atoms with van der Waals surface area (Å²) in [5, 5.41) is 9.73. The Morgan fingerprint density at radius 2 is 2.11 bits per heavy atom. The predicted octanol–water partition coefficient (Wildman–Crippen LogP) is 2.72. The molecule has 3 heteroatoms. The maximum Gasteiger partial charge on any atom is 0.0667 e. The summed E-state index contributed by atoms with van der Waals surface area (Å²) in [5.41, 5.74) is 2.39. The smallest absolute Gasteiger partial charge is 0.0667 e. The SMILES string of the molecule is CC(C)c1ccc([C@H](C)N2CCC[C@H](O)C2)cn1. The Morgan fingerprint density at radius 3 is 2.67 bits per heavy atom. The van der Waals surface area contributed by atoms with Gasteiger partial charge < -0.3 is 5.11 Å². The van der Waals surface area contributed by atoms with Crippen LogP contribution < -0.4 is 0 Å². The summed E-state index contributed by atoms with van der Waals surface area (Å²) in [6.07, 6.45) is 3.85. The molecule has 1 N–H and O–H groups in total. The van der Waals surface area contributed by atoms with Crippen molar-refractivity contribution in [2.45, 2.75) is 51.7 Å². The molecule has 0 bridgehead atoms. The standard InChI is InChI=1S/C15H24N2O/c1-11(2)15-7-6-13(9-16-15)12(3)17-8-4-5-14(18)10-17/h6-7,9,11-12,14,18H,4-5,8,10H2,1-3H3/t12-,14-/m0/s1. The normalized spacial score (nSPS) is 23.3. The van der Waals surface area contributed by atoms with Crippen molar-refractivity contribution in [3.05, 3.63) is 29.6 Å². The highest BCUT2D eigenvalue weighted by molar-refractivity contribution is 5.19. The zero-order valence-corrected chi connectivity index (χ0v) is 11.6. The van der Waals surface area contributed by atoms with Crippen molar-refractivity contribution < 1.29 is 5.11 Å². The van der Waals surface area contributed by atoms with Crippen LogP contribution in [0.3, 0.4) is 0 Å². The van der Waals surface area contributed by atoms with Gasteiger partial charge in [0.15, 0.2) is 0 Å². The average Bonchev–Trinajstić information content (AvgIpc) is 2.38. The van der Waals surface area contributed by atoms with Gasteiger partial charge in [-0.1, -0.05) is 19.9 Å². The van der Waals surface area contributed by atoms with Crippen LogP contribution in [0.4, 0.5) is 0 Å². The molecule has 0 radical (unpaired) electrons. The first-order chi connectivity index (χ1) is 8.58. The third-order valence-electron chi connectivity index (χ3n) is 3.86. The molecule has 2 heterocycles. The first kappa shape index (κ1) is 13.5. The van der Waals surface area contributed by atoms with Gasteiger partial charge in [0.2, 0.25) is 0 Å². The molecule has 0 aromatic carbocycles. The molecule has 0 unspecified atom stereocenters. The van der Waals surface area contributed by atoms with Crippen molar-refractivity contribution in [1.82, 2.24) is 9.88 Å². The zero-order valence-electron chi connectivity index (χ0n) is 11.6. The molecule has 18 heavy (non-hydrogen) atoms. The molecular weight excluding hydrogens is 224 g/mol. The van der Waals surface area contributed by atoms with Crippen molar-refractivity contribution in [3.8, 4) is 0 Å². The first-order valence-corrected chi connectivity index (χ1v) is 6.96. The van der Waals surface area contributed by atoms with E-state index in [-0.39, 0.29) is 6.10 Å². The lowest BCUT2D eigenvalue weighted by Gasteiger charge is -2.35. The van der Waals surface area contributed by atoms with Gasteiger partial charge in [-0.25, -0.2) is 0 Å². The van der Waals surface area contributed by atoms with E-state index in [1.54, 1.807) is 0 Å². The van der Waals surface area contributed by atoms with Crippen LogP contribution in [-0.4, -0.2) is 34.2 Å². The van der Waals surface area contributed by atoms with Crippen LogP contribution in [0.5, 0.6) is 0 Å². The van der Waals surface area contributed by atoms with Crippen LogP contribution in [-0.2, 0) is 0 Å². The fourth-order valence-corrected chi connectivity index (χ4v) is 2.55. The van der Waals surface area contributed by atoms with Gasteiger partial charge in [0.25, 0.3) is 0 Å². The van der Waals surface area contributed by atoms with Gasteiger partial charge >= 0.3 is 0 Å². The van der Waals surface area contributed by atoms with Gasteiger partial charge in [0.1, 0.15) is 0 Å². The van der Waals surface area contributed by atoms with Crippen LogP contribution in [0.15, 0.2) is 18.3 Å². The lowest BCUT2D eigenvalue weighted by Crippen LogP contribution is -2.39. The highest BCUT2D eigenvalue weighted by atomic mass is 16.3. The number of β-amino-alcohol motifs (C(OH)–C–C–N with tert-alkyl or cyclic N) is 1. The van der Waals surface area contributed by atoms with Gasteiger partial charge in [0, 0.05) is 24.5 Å². The molecular formula is C15H24N2O. The monoisotopic (exact) mass is 248 g/mol. The Bertz CT molecular complexity index is 375. The number of aliphatic hydroxyl groups is 1. The van der Waals surface area contributed by atoms with E-state index in [0.717, 1.165) is 31.6 Å². The number of rotatable bonds is 3. The Hall–Kier alpha value is -0.930. The molecule has 1 aromatic heterocycles. The summed E-state index contributed by atoms with van der Waals surface area (Å²) in [6.45, 7) is 8.38. The fraction of sp³-hybridized carbons (Fsp3) is 0.667. The fourth-order valence-electron chi connectivity index (χ4n) is 2.55. The third kappa shape index (κ3) is 3.09. The van der Waals surface area contributed by atoms with Crippen LogP contribution in [0.2, 0.25) is 0 Å². The molecule has 1 saturated heterocycles. The minimum atomic E-state index is -0.163. The van der Waals surface area contributed by atoms with Crippen molar-refractivity contribution in [1.29, 1.82) is 0 Å². The molecule has 1 aromatic rings. The summed E-state index contributed by atoms with van der Waals surface area (Å²) < 4.78 is 0. The van der Waals surface area contributed by atoms with Crippen molar-refractivity contribution >= 4 is 0 Å². The second kappa shape index (κ2) is 5.81. The molecule has 2 rings (SSSR count). The summed E-state index contributed by atoms with van der Waals surface area (Å²) >= 11 is 0. The van der Waals surface area contributed by atoms with E-state index < -0.39 is 0 Å². The average molecular weight is 248 g/mol. The summed E-state index contributed by atoms with van der Waals surface area (Å²) in [6, 6.07) is 4.64. The van der Waals surface area contributed by atoms with Crippen molar-refractivity contribution in [3.63, 3.8) is 0 Å². The Balaban J connectivity index is 2.05. The molecule has 2 atom stereocenters. The molecule has 1 fully saturated rings. The highest BCUT2D eigenvalue weighted by Crippen LogP contribution is 2.24. The molecule has 1 aliphatic heterocycles. The van der Waals surface area contributed by atoms with E-state index in [9.17, 15) is 5.11 Å². The summed E-state index contributed by atoms with van der Waals surface area (Å²) in [4.78, 5) is 6.87. The maximum absolute atomic E-state index is 9.73. The molecule has 0 spiro atoms. The van der Waals surface area contributed by atoms with E-state index in [4.69, 9.17) is 0 Å². The second-order valence-corrected chi connectivity index (χ2v) is 5.64. The topological polar surface area (TPSA) is 36.4 Å². The van der Waals surface area contributed by atoms with Crippen molar-refractivity contribution in [2.75, 3.05) is 13.1 Å². The van der Waals surface area contributed by atoms with Gasteiger partial charge in [-0.3, -0.25) is 9.88 Å². The summed E-state index contributed by atoms with van der Waals surface area (Å²) in [5.74, 6) is 0.478. The van der Waals surface area contributed by atoms with E-state index >= 15 is 0 Å². The number of aliphatic hydroxyl groups excluding tert-OH is 1. The summed E-state index contributed by atoms with van der Waals surface area (Å²) in [7, 11) is 0. The number of pyridine rings is 1. The van der Waals surface area contributed by atoms with E-state index in [0.29, 0.717) is 12.0 Å². The largest absolute Gasteiger partial charge is 0.392 e. The minimum Gasteiger partial charge on any atom is -0.392 e. The second-order valence-electron chi connectivity index (χ2n) is 5.64. The van der Waals surface area contributed by atoms with Crippen LogP contribution in [0.1, 0.15) is 56.8 Å². The quantitative estimate of drug-likeness (QED) is 0.893. The maximum atomic E-state index is 9.73. The van der Waals surface area contributed by atoms with Gasteiger partial charge in [-0.15, -0.1) is 0 Å². The number of likely N-dealkylation sites (tertiary alicyclic amines) is 1. The number of hydrogen-bond acceptors (Lipinski definition) is 3. The van der Waals surface area contributed by atoms with E-state index in [1.807, 2.05) is 6.20 Å². The van der Waals surface area contributed by atoms with Gasteiger partial charge in [0.05, 0.1) is 6.10 Å². The van der Waals surface area contributed by atoms with Crippen LogP contribution >= 0.6 is 0 Å². The van der Waals surface area contributed by atoms with E-state index in [2.05, 4.69) is 42.8 Å². The Morgan fingerprint density at radius 1 is 1.33 bits per heavy atom. The molecule has 0 saturated carbocycles. The number of aromatic nitrogens is 1. The molecule has 0 amide bonds. The lowest BCUT2D eigenvalue weighted by molar-refractivity contribution is 0.0503.